The standard InChI is InChI=1S/C10H13ClN2O4/c1-2-13-4-6(11)3-8(13)9(15)12-7(5-14)10(16)17/h3-4,7,14H,2,5H2,1H3,(H,12,15)(H,16,17). The number of rotatable bonds is 5. The predicted octanol–water partition coefficient (Wildman–Crippen LogP) is 0.337. The molecule has 1 unspecified atom stereocenters. The molecule has 0 saturated heterocycles. The Balaban J connectivity index is 2.85. The summed E-state index contributed by atoms with van der Waals surface area (Å²) in [5, 5.41) is 20.1. The number of aliphatic hydroxyl groups is 1. The monoisotopic (exact) mass is 260 g/mol. The Hall–Kier alpha value is -1.53. The van der Waals surface area contributed by atoms with Crippen LogP contribution in [-0.4, -0.2) is 39.3 Å². The lowest BCUT2D eigenvalue weighted by atomic mass is 10.3. The Kier molecular flexibility index (Phi) is 4.53. The SMILES string of the molecule is CCn1cc(Cl)cc1C(=O)NC(CO)C(=O)O. The summed E-state index contributed by atoms with van der Waals surface area (Å²) < 4.78 is 1.59. The van der Waals surface area contributed by atoms with Crippen molar-refractivity contribution in [2.45, 2.75) is 19.5 Å². The van der Waals surface area contributed by atoms with Crippen molar-refractivity contribution in [1.29, 1.82) is 0 Å². The van der Waals surface area contributed by atoms with Gasteiger partial charge in [0.1, 0.15) is 5.69 Å². The first-order chi connectivity index (χ1) is 7.99. The summed E-state index contributed by atoms with van der Waals surface area (Å²) in [6.45, 7) is 1.70. The molecule has 1 aromatic heterocycles. The highest BCUT2D eigenvalue weighted by molar-refractivity contribution is 6.31. The van der Waals surface area contributed by atoms with E-state index in [1.54, 1.807) is 10.8 Å². The number of carboxylic acids is 1. The van der Waals surface area contributed by atoms with E-state index in [2.05, 4.69) is 5.32 Å². The maximum atomic E-state index is 11.7. The summed E-state index contributed by atoms with van der Waals surface area (Å²) in [5.74, 6) is -1.87. The molecule has 0 spiro atoms. The second-order valence-corrected chi connectivity index (χ2v) is 3.81. The van der Waals surface area contributed by atoms with Gasteiger partial charge in [-0.3, -0.25) is 4.79 Å². The molecule has 0 aliphatic rings. The number of aliphatic hydroxyl groups excluding tert-OH is 1. The summed E-state index contributed by atoms with van der Waals surface area (Å²) in [7, 11) is 0. The minimum absolute atomic E-state index is 0.261. The third-order valence-corrected chi connectivity index (χ3v) is 2.43. The molecule has 6 nitrogen and oxygen atoms in total. The van der Waals surface area contributed by atoms with Gasteiger partial charge in [0.2, 0.25) is 0 Å². The van der Waals surface area contributed by atoms with Gasteiger partial charge in [0.15, 0.2) is 6.04 Å². The molecule has 0 saturated carbocycles. The lowest BCUT2D eigenvalue weighted by Gasteiger charge is -2.12. The Bertz CT molecular complexity index is 430. The first-order valence-electron chi connectivity index (χ1n) is 4.99. The normalized spacial score (nSPS) is 12.2. The number of aromatic nitrogens is 1. The van der Waals surface area contributed by atoms with Crippen molar-refractivity contribution in [2.24, 2.45) is 0 Å². The van der Waals surface area contributed by atoms with E-state index >= 15 is 0 Å². The Morgan fingerprint density at radius 1 is 1.59 bits per heavy atom. The number of hydrogen-bond donors (Lipinski definition) is 3. The van der Waals surface area contributed by atoms with Crippen LogP contribution in [0.4, 0.5) is 0 Å². The molecule has 94 valence electrons. The van der Waals surface area contributed by atoms with Crippen molar-refractivity contribution < 1.29 is 19.8 Å². The van der Waals surface area contributed by atoms with Gasteiger partial charge in [-0.25, -0.2) is 4.79 Å². The quantitative estimate of drug-likeness (QED) is 0.712. The van der Waals surface area contributed by atoms with E-state index in [4.69, 9.17) is 21.8 Å². The fourth-order valence-electron chi connectivity index (χ4n) is 1.34. The Labute approximate surface area is 103 Å². The molecule has 1 aromatic rings. The molecule has 0 aliphatic heterocycles. The highest BCUT2D eigenvalue weighted by Gasteiger charge is 2.21. The van der Waals surface area contributed by atoms with Gasteiger partial charge in [0.05, 0.1) is 11.6 Å². The summed E-state index contributed by atoms with van der Waals surface area (Å²) in [6, 6.07) is 0.123. The van der Waals surface area contributed by atoms with Gasteiger partial charge < -0.3 is 20.1 Å². The van der Waals surface area contributed by atoms with Gasteiger partial charge in [-0.15, -0.1) is 0 Å². The van der Waals surface area contributed by atoms with E-state index in [1.165, 1.54) is 6.07 Å². The maximum Gasteiger partial charge on any atom is 0.328 e. The van der Waals surface area contributed by atoms with Crippen LogP contribution in [-0.2, 0) is 11.3 Å². The highest BCUT2D eigenvalue weighted by Crippen LogP contribution is 2.14. The van der Waals surface area contributed by atoms with E-state index in [1.807, 2.05) is 6.92 Å². The number of carbonyl (C=O) groups is 2. The topological polar surface area (TPSA) is 91.6 Å². The minimum atomic E-state index is -1.32. The summed E-state index contributed by atoms with van der Waals surface area (Å²) >= 11 is 5.75. The van der Waals surface area contributed by atoms with E-state index < -0.39 is 24.5 Å². The zero-order chi connectivity index (χ0) is 13.0. The Morgan fingerprint density at radius 3 is 2.71 bits per heavy atom. The van der Waals surface area contributed by atoms with Crippen molar-refractivity contribution >= 4 is 23.5 Å². The molecular formula is C10H13ClN2O4. The highest BCUT2D eigenvalue weighted by atomic mass is 35.5. The fraction of sp³-hybridized carbons (Fsp3) is 0.400. The van der Waals surface area contributed by atoms with Crippen LogP contribution < -0.4 is 5.32 Å². The van der Waals surface area contributed by atoms with Gasteiger partial charge in [-0.05, 0) is 13.0 Å². The molecule has 1 heterocycles. The molecule has 0 aliphatic carbocycles. The van der Waals surface area contributed by atoms with Crippen molar-refractivity contribution in [3.8, 4) is 0 Å². The molecule has 17 heavy (non-hydrogen) atoms. The molecule has 1 rings (SSSR count). The number of aliphatic carboxylic acids is 1. The first-order valence-corrected chi connectivity index (χ1v) is 5.37. The van der Waals surface area contributed by atoms with E-state index in [9.17, 15) is 9.59 Å². The first kappa shape index (κ1) is 13.5. The zero-order valence-corrected chi connectivity index (χ0v) is 9.94. The van der Waals surface area contributed by atoms with Crippen LogP contribution in [0, 0.1) is 0 Å². The smallest absolute Gasteiger partial charge is 0.328 e. The summed E-state index contributed by atoms with van der Waals surface area (Å²) in [5.41, 5.74) is 0.261. The van der Waals surface area contributed by atoms with Crippen LogP contribution in [0.25, 0.3) is 0 Å². The van der Waals surface area contributed by atoms with Crippen LogP contribution in [0.5, 0.6) is 0 Å². The van der Waals surface area contributed by atoms with Gasteiger partial charge in [0.25, 0.3) is 5.91 Å². The molecule has 0 aromatic carbocycles. The maximum absolute atomic E-state index is 11.7. The van der Waals surface area contributed by atoms with Crippen molar-refractivity contribution in [3.05, 3.63) is 23.0 Å². The van der Waals surface area contributed by atoms with Gasteiger partial charge >= 0.3 is 5.97 Å². The number of hydrogen-bond acceptors (Lipinski definition) is 3. The molecule has 0 fully saturated rings. The predicted molar refractivity (Wildman–Crippen MR) is 61.1 cm³/mol. The lowest BCUT2D eigenvalue weighted by Crippen LogP contribution is -2.43. The van der Waals surface area contributed by atoms with Gasteiger partial charge in [0, 0.05) is 12.7 Å². The van der Waals surface area contributed by atoms with Gasteiger partial charge in [-0.2, -0.15) is 0 Å². The average molecular weight is 261 g/mol. The Morgan fingerprint density at radius 2 is 2.24 bits per heavy atom. The van der Waals surface area contributed by atoms with E-state index in [0.29, 0.717) is 11.6 Å². The molecule has 7 heteroatoms. The molecule has 3 N–H and O–H groups in total. The lowest BCUT2D eigenvalue weighted by molar-refractivity contribution is -0.140. The van der Waals surface area contributed by atoms with Crippen LogP contribution in [0.15, 0.2) is 12.3 Å². The fourth-order valence-corrected chi connectivity index (χ4v) is 1.57. The van der Waals surface area contributed by atoms with Crippen molar-refractivity contribution in [2.75, 3.05) is 6.61 Å². The number of nitrogens with one attached hydrogen (secondary N) is 1. The van der Waals surface area contributed by atoms with Crippen molar-refractivity contribution in [3.63, 3.8) is 0 Å². The number of halogens is 1. The zero-order valence-electron chi connectivity index (χ0n) is 9.18. The number of carbonyl (C=O) groups excluding carboxylic acids is 1. The van der Waals surface area contributed by atoms with Crippen molar-refractivity contribution in [1.82, 2.24) is 9.88 Å². The van der Waals surface area contributed by atoms with Crippen LogP contribution in [0.3, 0.4) is 0 Å². The van der Waals surface area contributed by atoms with Crippen LogP contribution in [0.2, 0.25) is 5.02 Å². The van der Waals surface area contributed by atoms with Crippen LogP contribution in [0.1, 0.15) is 17.4 Å². The minimum Gasteiger partial charge on any atom is -0.480 e. The number of aryl methyl sites for hydroxylation is 1. The number of carboxylic acid groups (broad SMARTS) is 1. The largest absolute Gasteiger partial charge is 0.480 e. The molecule has 0 radical (unpaired) electrons. The van der Waals surface area contributed by atoms with Crippen LogP contribution >= 0.6 is 11.6 Å². The molecule has 1 amide bonds. The number of nitrogens with zero attached hydrogens (tertiary/aromatic N) is 1. The average Bonchev–Trinajstić information content (AvgIpc) is 2.66. The summed E-state index contributed by atoms with van der Waals surface area (Å²) in [6.07, 6.45) is 1.57. The molecule has 0 bridgehead atoms. The summed E-state index contributed by atoms with van der Waals surface area (Å²) in [4.78, 5) is 22.4. The molecule has 1 atom stereocenters. The third-order valence-electron chi connectivity index (χ3n) is 2.22. The van der Waals surface area contributed by atoms with Gasteiger partial charge in [-0.1, -0.05) is 11.6 Å². The van der Waals surface area contributed by atoms with E-state index in [-0.39, 0.29) is 5.69 Å². The second-order valence-electron chi connectivity index (χ2n) is 3.38. The molecular weight excluding hydrogens is 248 g/mol. The third kappa shape index (κ3) is 3.21. The second kappa shape index (κ2) is 5.70. The van der Waals surface area contributed by atoms with E-state index in [0.717, 1.165) is 0 Å². The number of amides is 1.